The Morgan fingerprint density at radius 2 is 0.636 bits per heavy atom. The van der Waals surface area contributed by atoms with Crippen LogP contribution in [0.3, 0.4) is 0 Å². The molecule has 1 aliphatic carbocycles. The van der Waals surface area contributed by atoms with Crippen LogP contribution in [0.1, 0.15) is 407 Å². The summed E-state index contributed by atoms with van der Waals surface area (Å²) in [6.45, 7) is 5.59. The predicted octanol–water partition coefficient (Wildman–Crippen LogP) is 17.7. The fraction of sp³-hybridized carbons (Fsp3) is 0.913. The molecule has 0 amide bonds. The van der Waals surface area contributed by atoms with E-state index in [1.54, 1.807) is 0 Å². The zero-order valence-corrected chi connectivity index (χ0v) is 74.6. The summed E-state index contributed by atoms with van der Waals surface area (Å²) in [5.74, 6) is -2.97. The van der Waals surface area contributed by atoms with Crippen molar-refractivity contribution in [3.63, 3.8) is 0 Å². The van der Waals surface area contributed by atoms with E-state index in [-0.39, 0.29) is 25.7 Å². The van der Waals surface area contributed by atoms with Gasteiger partial charge in [0.1, 0.15) is 92.6 Å². The third kappa shape index (κ3) is 50.8. The normalized spacial score (nSPS) is 25.0. The average Bonchev–Trinajstić information content (AvgIpc) is 0.754. The molecule has 0 aromatic heterocycles. The molecule has 26 heteroatoms. The Bertz CT molecular complexity index is 2550. The molecule has 2 saturated heterocycles. The van der Waals surface area contributed by atoms with E-state index in [1.807, 2.05) is 0 Å². The molecule has 0 spiro atoms. The second-order valence-electron chi connectivity index (χ2n) is 33.9. The second kappa shape index (κ2) is 71.1. The van der Waals surface area contributed by atoms with Gasteiger partial charge in [-0.2, -0.15) is 0 Å². The van der Waals surface area contributed by atoms with Gasteiger partial charge in [0.25, 0.3) is 0 Å². The molecular weight excluding hydrogens is 1540 g/mol. The molecular formula is C92H169O25P. The quantitative estimate of drug-likeness (QED) is 0.00889. The van der Waals surface area contributed by atoms with Crippen molar-refractivity contribution in [1.82, 2.24) is 0 Å². The number of rotatable bonds is 77. The zero-order chi connectivity index (χ0) is 86.1. The minimum absolute atomic E-state index is 0.0173. The molecule has 3 rings (SSSR count). The summed E-state index contributed by atoms with van der Waals surface area (Å²) in [5, 5.41) is 102. The van der Waals surface area contributed by atoms with E-state index in [4.69, 9.17) is 46.9 Å². The smallest absolute Gasteiger partial charge is 0.463 e. The first-order valence-corrected chi connectivity index (χ1v) is 49.1. The molecule has 0 aromatic rings. The van der Waals surface area contributed by atoms with Crippen molar-refractivity contribution in [1.29, 1.82) is 0 Å². The summed E-state index contributed by atoms with van der Waals surface area (Å²) < 4.78 is 73.4. The number of carbonyl (C=O) groups is 4. The molecule has 1 saturated carbocycles. The second-order valence-corrected chi connectivity index (χ2v) is 35.3. The van der Waals surface area contributed by atoms with Crippen molar-refractivity contribution >= 4 is 31.7 Å². The summed E-state index contributed by atoms with van der Waals surface area (Å²) in [6, 6.07) is 0. The van der Waals surface area contributed by atoms with Crippen LogP contribution in [-0.4, -0.2) is 205 Å². The van der Waals surface area contributed by atoms with E-state index in [1.165, 1.54) is 161 Å². The average molecular weight is 1710 g/mol. The van der Waals surface area contributed by atoms with Crippen LogP contribution in [0.15, 0.2) is 24.3 Å². The summed E-state index contributed by atoms with van der Waals surface area (Å²) in [4.78, 5) is 66.5. The third-order valence-corrected chi connectivity index (χ3v) is 24.2. The number of aliphatic hydroxyl groups excluding tert-OH is 9. The van der Waals surface area contributed by atoms with Gasteiger partial charge in [-0.1, -0.05) is 328 Å². The molecule has 2 heterocycles. The lowest BCUT2D eigenvalue weighted by Crippen LogP contribution is -2.70. The Hall–Kier alpha value is -3.05. The van der Waals surface area contributed by atoms with Gasteiger partial charge in [0.05, 0.1) is 13.2 Å². The van der Waals surface area contributed by atoms with E-state index in [0.29, 0.717) is 32.1 Å². The molecule has 3 aliphatic rings. The van der Waals surface area contributed by atoms with Crippen LogP contribution in [0, 0.1) is 0 Å². The van der Waals surface area contributed by atoms with Gasteiger partial charge in [-0.25, -0.2) is 4.57 Å². The lowest BCUT2D eigenvalue weighted by molar-refractivity contribution is -0.360. The van der Waals surface area contributed by atoms with Crippen LogP contribution in [0.25, 0.3) is 0 Å². The SMILES string of the molecule is CCCCCC/C=C\CCCCCCCCCC(=O)OCC(COP(=O)(O)OC1C(OC2OC(CO)C(O)C(O)C2O)C(O)C(O)C(OC(=O)CCCCCCCCC/C=C\CCCCCC)C1OC1OC(COC(=O)CCCCCCCCCCCCCCCCCC)C(O)C(O)C1O)OC(=O)CCCCCCCCCCCCCCC. The largest absolute Gasteiger partial charge is 0.472 e. The zero-order valence-electron chi connectivity index (χ0n) is 73.7. The van der Waals surface area contributed by atoms with Crippen molar-refractivity contribution < 1.29 is 122 Å². The topological polar surface area (TPSA) is 380 Å². The molecule has 118 heavy (non-hydrogen) atoms. The maximum atomic E-state index is 14.9. The molecule has 18 atom stereocenters. The number of aliphatic hydroxyl groups is 9. The Morgan fingerprint density at radius 3 is 1.02 bits per heavy atom. The Balaban J connectivity index is 1.91. The molecule has 0 aromatic carbocycles. The highest BCUT2D eigenvalue weighted by atomic mass is 31.2. The first-order chi connectivity index (χ1) is 57.2. The fourth-order valence-electron chi connectivity index (χ4n) is 15.6. The van der Waals surface area contributed by atoms with Crippen molar-refractivity contribution in [3.05, 3.63) is 24.3 Å². The monoisotopic (exact) mass is 1710 g/mol. The fourth-order valence-corrected chi connectivity index (χ4v) is 16.6. The number of phosphoric ester groups is 1. The Kier molecular flexibility index (Phi) is 65.8. The van der Waals surface area contributed by atoms with Gasteiger partial charge in [-0.3, -0.25) is 28.2 Å². The van der Waals surface area contributed by atoms with Crippen LogP contribution in [-0.2, 0) is 70.7 Å². The maximum Gasteiger partial charge on any atom is 0.472 e. The Labute approximate surface area is 711 Å². The number of unbranched alkanes of at least 4 members (excludes halogenated alkanes) is 49. The summed E-state index contributed by atoms with van der Waals surface area (Å²) in [5.41, 5.74) is 0. The summed E-state index contributed by atoms with van der Waals surface area (Å²) in [6.07, 6.45) is 31.6. The van der Waals surface area contributed by atoms with Gasteiger partial charge in [0, 0.05) is 25.7 Å². The van der Waals surface area contributed by atoms with Crippen LogP contribution in [0.2, 0.25) is 0 Å². The first-order valence-electron chi connectivity index (χ1n) is 47.6. The van der Waals surface area contributed by atoms with Gasteiger partial charge >= 0.3 is 31.7 Å². The van der Waals surface area contributed by atoms with Crippen LogP contribution >= 0.6 is 7.82 Å². The predicted molar refractivity (Wildman–Crippen MR) is 458 cm³/mol. The number of allylic oxidation sites excluding steroid dienone is 4. The Morgan fingerprint density at radius 1 is 0.331 bits per heavy atom. The van der Waals surface area contributed by atoms with Crippen LogP contribution < -0.4 is 0 Å². The molecule has 3 fully saturated rings. The molecule has 0 radical (unpaired) electrons. The molecule has 18 unspecified atom stereocenters. The van der Waals surface area contributed by atoms with Gasteiger partial charge in [0.2, 0.25) is 0 Å². The van der Waals surface area contributed by atoms with E-state index in [9.17, 15) is 74.6 Å². The molecule has 692 valence electrons. The van der Waals surface area contributed by atoms with E-state index >= 15 is 0 Å². The first kappa shape index (κ1) is 109. The van der Waals surface area contributed by atoms with Crippen LogP contribution in [0.4, 0.5) is 0 Å². The van der Waals surface area contributed by atoms with Crippen molar-refractivity contribution in [2.75, 3.05) is 26.4 Å². The van der Waals surface area contributed by atoms with Crippen molar-refractivity contribution in [3.8, 4) is 0 Å². The minimum atomic E-state index is -5.81. The van der Waals surface area contributed by atoms with E-state index in [0.717, 1.165) is 161 Å². The number of hydrogen-bond acceptors (Lipinski definition) is 24. The number of carbonyl (C=O) groups excluding carboxylic acids is 4. The highest BCUT2D eigenvalue weighted by Gasteiger charge is 2.60. The highest BCUT2D eigenvalue weighted by molar-refractivity contribution is 7.47. The molecule has 25 nitrogen and oxygen atoms in total. The number of esters is 4. The number of hydrogen-bond donors (Lipinski definition) is 10. The standard InChI is InChI=1S/C92H169O25P/c1-5-9-13-17-21-25-29-33-36-39-42-45-49-53-57-61-65-76(95)109-71-74-80(99)82(101)86(105)92(113-74)116-89-87(114-78(97)67-63-59-55-51-47-43-38-35-31-27-23-19-15-11-7-3)83(102)84(103)88(115-91-85(104)81(100)79(98)73(68-93)112-91)90(89)117-118(106,107)110-70-72(111-77(96)66-62-58-54-50-46-40-32-28-24-20-16-12-8-4)69-108-75(94)64-60-56-52-48-44-41-37-34-30-26-22-18-14-10-6-2/h26-27,30-31,72-74,79-93,98-105H,5-25,28-29,32-71H2,1-4H3,(H,106,107)/b30-26-,31-27-. The van der Waals surface area contributed by atoms with E-state index < -0.39 is 162 Å². The van der Waals surface area contributed by atoms with Gasteiger partial charge in [0.15, 0.2) is 24.8 Å². The summed E-state index contributed by atoms with van der Waals surface area (Å²) in [7, 11) is -5.81. The summed E-state index contributed by atoms with van der Waals surface area (Å²) >= 11 is 0. The molecule has 10 N–H and O–H groups in total. The minimum Gasteiger partial charge on any atom is -0.463 e. The van der Waals surface area contributed by atoms with Gasteiger partial charge in [-0.05, 0) is 77.0 Å². The molecule has 0 bridgehead atoms. The number of ether oxygens (including phenoxy) is 8. The molecule has 2 aliphatic heterocycles. The lowest BCUT2D eigenvalue weighted by Gasteiger charge is -2.50. The van der Waals surface area contributed by atoms with E-state index in [2.05, 4.69) is 52.0 Å². The number of phosphoric acid groups is 1. The maximum absolute atomic E-state index is 14.9. The van der Waals surface area contributed by atoms with Gasteiger partial charge < -0.3 is 88.7 Å². The third-order valence-electron chi connectivity index (χ3n) is 23.2. The lowest BCUT2D eigenvalue weighted by atomic mass is 9.84. The van der Waals surface area contributed by atoms with Crippen molar-refractivity contribution in [2.24, 2.45) is 0 Å². The van der Waals surface area contributed by atoms with Gasteiger partial charge in [-0.15, -0.1) is 0 Å². The highest BCUT2D eigenvalue weighted by Crippen LogP contribution is 2.49. The van der Waals surface area contributed by atoms with Crippen molar-refractivity contribution in [2.45, 2.75) is 511 Å². The van der Waals surface area contributed by atoms with Crippen LogP contribution in [0.5, 0.6) is 0 Å².